The predicted octanol–water partition coefficient (Wildman–Crippen LogP) is 3.60. The molecule has 2 aromatic carbocycles. The monoisotopic (exact) mass is 293 g/mol. The molecule has 0 saturated heterocycles. The van der Waals surface area contributed by atoms with Gasteiger partial charge in [-0.05, 0) is 47.7 Å². The fraction of sp³-hybridized carbons (Fsp3) is 0.368. The molecule has 0 amide bonds. The summed E-state index contributed by atoms with van der Waals surface area (Å²) in [6, 6.07) is 11.4. The first kappa shape index (κ1) is 12.5. The zero-order chi connectivity index (χ0) is 14.9. The number of hydrogen-bond acceptors (Lipinski definition) is 3. The van der Waals surface area contributed by atoms with Crippen molar-refractivity contribution in [1.29, 1.82) is 0 Å². The Labute approximate surface area is 130 Å². The van der Waals surface area contributed by atoms with Gasteiger partial charge in [0.2, 0.25) is 5.79 Å². The lowest BCUT2D eigenvalue weighted by atomic mass is 9.77. The molecule has 3 nitrogen and oxygen atoms in total. The highest BCUT2D eigenvalue weighted by atomic mass is 16.7. The quantitative estimate of drug-likeness (QED) is 0.805. The molecule has 2 heterocycles. The number of nitrogens with one attached hydrogen (secondary N) is 1. The Kier molecular flexibility index (Phi) is 2.31. The normalized spacial score (nSPS) is 22.9. The summed E-state index contributed by atoms with van der Waals surface area (Å²) in [5.41, 5.74) is 6.84. The van der Waals surface area contributed by atoms with E-state index in [-0.39, 0.29) is 0 Å². The van der Waals surface area contributed by atoms with Crippen LogP contribution in [0.15, 0.2) is 30.3 Å². The van der Waals surface area contributed by atoms with Gasteiger partial charge < -0.3 is 14.8 Å². The molecule has 0 spiro atoms. The molecule has 1 N–H and O–H groups in total. The van der Waals surface area contributed by atoms with Gasteiger partial charge in [-0.3, -0.25) is 0 Å². The third-order valence-electron chi connectivity index (χ3n) is 4.93. The molecule has 1 atom stereocenters. The van der Waals surface area contributed by atoms with Gasteiger partial charge in [0.1, 0.15) is 0 Å². The molecular formula is C19H19NO2. The minimum Gasteiger partial charge on any atom is -0.449 e. The molecule has 3 aliphatic rings. The van der Waals surface area contributed by atoms with E-state index >= 15 is 0 Å². The lowest BCUT2D eigenvalue weighted by Crippen LogP contribution is -2.33. The van der Waals surface area contributed by atoms with E-state index in [0.29, 0.717) is 6.04 Å². The lowest BCUT2D eigenvalue weighted by Gasteiger charge is -2.34. The molecule has 0 bridgehead atoms. The van der Waals surface area contributed by atoms with Crippen LogP contribution in [0.3, 0.4) is 0 Å². The first-order valence-corrected chi connectivity index (χ1v) is 8.02. The van der Waals surface area contributed by atoms with Gasteiger partial charge in [-0.2, -0.15) is 0 Å². The standard InChI is InChI=1S/C19H19NO2/c1-19(2)21-15-7-6-12-10-14-16-11(8-9-20-14)4-3-5-13(16)17(12)18(15)22-19/h3-7,14,20H,8-10H2,1-2H3/t14-/m1/s1. The molecule has 112 valence electrons. The Morgan fingerprint density at radius 3 is 2.91 bits per heavy atom. The Morgan fingerprint density at radius 1 is 1.09 bits per heavy atom. The summed E-state index contributed by atoms with van der Waals surface area (Å²) in [6.45, 7) is 4.99. The molecule has 2 aliphatic heterocycles. The Balaban J connectivity index is 1.79. The summed E-state index contributed by atoms with van der Waals surface area (Å²) < 4.78 is 12.1. The van der Waals surface area contributed by atoms with Gasteiger partial charge in [0.15, 0.2) is 11.5 Å². The topological polar surface area (TPSA) is 30.5 Å². The molecular weight excluding hydrogens is 274 g/mol. The largest absolute Gasteiger partial charge is 0.449 e. The Bertz CT molecular complexity index is 794. The van der Waals surface area contributed by atoms with Crippen molar-refractivity contribution >= 4 is 0 Å². The summed E-state index contributed by atoms with van der Waals surface area (Å²) in [6.07, 6.45) is 2.13. The van der Waals surface area contributed by atoms with Crippen LogP contribution in [0.1, 0.15) is 36.6 Å². The maximum atomic E-state index is 6.13. The van der Waals surface area contributed by atoms with Crippen molar-refractivity contribution in [3.8, 4) is 22.6 Å². The number of fused-ring (bicyclic) bond motifs is 4. The molecule has 1 aliphatic carbocycles. The molecule has 0 radical (unpaired) electrons. The van der Waals surface area contributed by atoms with Crippen molar-refractivity contribution in [2.75, 3.05) is 6.54 Å². The fourth-order valence-corrected chi connectivity index (χ4v) is 4.12. The van der Waals surface area contributed by atoms with Crippen molar-refractivity contribution in [3.05, 3.63) is 47.0 Å². The maximum absolute atomic E-state index is 6.13. The smallest absolute Gasteiger partial charge is 0.246 e. The van der Waals surface area contributed by atoms with Gasteiger partial charge >= 0.3 is 0 Å². The SMILES string of the molecule is CC1(C)Oc2ccc3c(c2O1)-c1cccc2c1[C@@H](C3)NCC2. The van der Waals surface area contributed by atoms with Gasteiger partial charge in [-0.15, -0.1) is 0 Å². The fourth-order valence-electron chi connectivity index (χ4n) is 4.12. The van der Waals surface area contributed by atoms with Crippen LogP contribution in [0.5, 0.6) is 11.5 Å². The average Bonchev–Trinajstić information content (AvgIpc) is 2.81. The summed E-state index contributed by atoms with van der Waals surface area (Å²) in [4.78, 5) is 0. The third-order valence-corrected chi connectivity index (χ3v) is 4.93. The van der Waals surface area contributed by atoms with Crippen molar-refractivity contribution in [2.24, 2.45) is 0 Å². The summed E-state index contributed by atoms with van der Waals surface area (Å²) >= 11 is 0. The van der Waals surface area contributed by atoms with Crippen LogP contribution >= 0.6 is 0 Å². The van der Waals surface area contributed by atoms with Crippen molar-refractivity contribution in [2.45, 2.75) is 38.5 Å². The van der Waals surface area contributed by atoms with Gasteiger partial charge in [0.25, 0.3) is 0 Å². The first-order chi connectivity index (χ1) is 10.6. The molecule has 0 aromatic heterocycles. The third kappa shape index (κ3) is 1.60. The van der Waals surface area contributed by atoms with Crippen LogP contribution in [0.4, 0.5) is 0 Å². The van der Waals surface area contributed by atoms with E-state index in [4.69, 9.17) is 9.47 Å². The predicted molar refractivity (Wildman–Crippen MR) is 85.4 cm³/mol. The highest BCUT2D eigenvalue weighted by Gasteiger charge is 2.38. The molecule has 22 heavy (non-hydrogen) atoms. The second kappa shape index (κ2) is 4.05. The van der Waals surface area contributed by atoms with E-state index in [0.717, 1.165) is 30.9 Å². The van der Waals surface area contributed by atoms with Crippen LogP contribution in [-0.2, 0) is 12.8 Å². The molecule has 5 rings (SSSR count). The van der Waals surface area contributed by atoms with Crippen LogP contribution in [0, 0.1) is 0 Å². The van der Waals surface area contributed by atoms with Crippen LogP contribution in [0.2, 0.25) is 0 Å². The zero-order valence-electron chi connectivity index (χ0n) is 12.9. The minimum absolute atomic E-state index is 0.431. The van der Waals surface area contributed by atoms with E-state index in [1.165, 1.54) is 27.8 Å². The van der Waals surface area contributed by atoms with E-state index < -0.39 is 5.79 Å². The molecule has 2 aromatic rings. The van der Waals surface area contributed by atoms with Gasteiger partial charge in [-0.1, -0.05) is 24.3 Å². The van der Waals surface area contributed by atoms with E-state index in [9.17, 15) is 0 Å². The van der Waals surface area contributed by atoms with Crippen LogP contribution < -0.4 is 14.8 Å². The zero-order valence-corrected chi connectivity index (χ0v) is 12.9. The summed E-state index contributed by atoms with van der Waals surface area (Å²) in [7, 11) is 0. The molecule has 0 fully saturated rings. The second-order valence-electron chi connectivity index (χ2n) is 6.87. The van der Waals surface area contributed by atoms with E-state index in [1.807, 2.05) is 13.8 Å². The minimum atomic E-state index is -0.582. The second-order valence-corrected chi connectivity index (χ2v) is 6.87. The average molecular weight is 293 g/mol. The van der Waals surface area contributed by atoms with Crippen molar-refractivity contribution in [1.82, 2.24) is 5.32 Å². The van der Waals surface area contributed by atoms with Crippen LogP contribution in [-0.4, -0.2) is 12.3 Å². The molecule has 0 saturated carbocycles. The van der Waals surface area contributed by atoms with Gasteiger partial charge in [0, 0.05) is 25.5 Å². The van der Waals surface area contributed by atoms with E-state index in [2.05, 4.69) is 35.6 Å². The summed E-state index contributed by atoms with van der Waals surface area (Å²) in [5, 5.41) is 3.67. The lowest BCUT2D eigenvalue weighted by molar-refractivity contribution is -0.0429. The van der Waals surface area contributed by atoms with Gasteiger partial charge in [-0.25, -0.2) is 0 Å². The number of hydrogen-bond donors (Lipinski definition) is 1. The van der Waals surface area contributed by atoms with Crippen molar-refractivity contribution < 1.29 is 9.47 Å². The molecule has 0 unspecified atom stereocenters. The summed E-state index contributed by atoms with van der Waals surface area (Å²) in [5.74, 6) is 1.20. The highest BCUT2D eigenvalue weighted by Crippen LogP contribution is 2.52. The van der Waals surface area contributed by atoms with Crippen molar-refractivity contribution in [3.63, 3.8) is 0 Å². The number of benzene rings is 2. The maximum Gasteiger partial charge on any atom is 0.246 e. The van der Waals surface area contributed by atoms with E-state index in [1.54, 1.807) is 0 Å². The number of rotatable bonds is 0. The Hall–Kier alpha value is -2.00. The Morgan fingerprint density at radius 2 is 2.00 bits per heavy atom. The number of ether oxygens (including phenoxy) is 2. The van der Waals surface area contributed by atoms with Gasteiger partial charge in [0.05, 0.1) is 0 Å². The highest BCUT2D eigenvalue weighted by molar-refractivity contribution is 5.83. The van der Waals surface area contributed by atoms with Crippen LogP contribution in [0.25, 0.3) is 11.1 Å². The first-order valence-electron chi connectivity index (χ1n) is 8.02. The molecule has 3 heteroatoms.